The van der Waals surface area contributed by atoms with Gasteiger partial charge in [-0.1, -0.05) is 6.07 Å². The molecule has 2 heterocycles. The number of carbonyl (C=O) groups is 1. The minimum absolute atomic E-state index is 0. The van der Waals surface area contributed by atoms with Crippen LogP contribution in [-0.2, 0) is 7.05 Å². The van der Waals surface area contributed by atoms with E-state index >= 15 is 0 Å². The van der Waals surface area contributed by atoms with Gasteiger partial charge in [-0.15, -0.1) is 24.8 Å². The number of benzene rings is 1. The first-order chi connectivity index (χ1) is 10.6. The maximum Gasteiger partial charge on any atom is 0.251 e. The van der Waals surface area contributed by atoms with Crippen molar-refractivity contribution in [3.05, 3.63) is 42.2 Å². The third kappa shape index (κ3) is 4.79. The molecule has 1 aromatic carbocycles. The molecule has 1 atom stereocenters. The van der Waals surface area contributed by atoms with Gasteiger partial charge in [0.1, 0.15) is 0 Å². The first-order valence-corrected chi connectivity index (χ1v) is 7.52. The summed E-state index contributed by atoms with van der Waals surface area (Å²) in [5.74, 6) is -0.0645. The number of carbonyl (C=O) groups excluding carboxylic acids is 1. The van der Waals surface area contributed by atoms with Crippen LogP contribution < -0.4 is 16.0 Å². The van der Waals surface area contributed by atoms with Crippen molar-refractivity contribution in [1.82, 2.24) is 15.1 Å². The number of nitrogens with two attached hydrogens (primary N) is 1. The number of nitrogen functional groups attached to an aromatic ring is 1. The highest BCUT2D eigenvalue weighted by Crippen LogP contribution is 2.19. The number of amides is 1. The van der Waals surface area contributed by atoms with Gasteiger partial charge in [0.05, 0.1) is 11.9 Å². The number of halogens is 2. The zero-order chi connectivity index (χ0) is 15.5. The van der Waals surface area contributed by atoms with E-state index in [-0.39, 0.29) is 36.8 Å². The Balaban J connectivity index is 0.00000144. The minimum Gasteiger partial charge on any atom is -0.399 e. The highest BCUT2D eigenvalue weighted by Gasteiger charge is 2.22. The molecule has 0 spiro atoms. The summed E-state index contributed by atoms with van der Waals surface area (Å²) in [5, 5.41) is 7.31. The van der Waals surface area contributed by atoms with Crippen LogP contribution in [0.15, 0.2) is 36.7 Å². The van der Waals surface area contributed by atoms with Crippen molar-refractivity contribution in [2.24, 2.45) is 7.05 Å². The maximum atomic E-state index is 12.3. The van der Waals surface area contributed by atoms with Crippen LogP contribution in [0.1, 0.15) is 23.2 Å². The molecule has 1 aliphatic rings. The number of anilines is 2. The van der Waals surface area contributed by atoms with E-state index in [0.717, 1.165) is 31.6 Å². The molecule has 24 heavy (non-hydrogen) atoms. The van der Waals surface area contributed by atoms with E-state index in [1.54, 1.807) is 28.9 Å². The standard InChI is InChI=1S/C16H21N5O.2ClH/c1-20-11-15(9-18-20)21-7-3-6-14(10-21)19-16(22)12-4-2-5-13(17)8-12;;/h2,4-5,8-9,11,14H,3,6-7,10,17H2,1H3,(H,19,22);2*1H. The van der Waals surface area contributed by atoms with Gasteiger partial charge >= 0.3 is 0 Å². The average molecular weight is 372 g/mol. The predicted molar refractivity (Wildman–Crippen MR) is 101 cm³/mol. The number of aromatic nitrogens is 2. The quantitative estimate of drug-likeness (QED) is 0.811. The Bertz CT molecular complexity index is 676. The number of hydrogen-bond acceptors (Lipinski definition) is 4. The molecular formula is C16H23Cl2N5O. The van der Waals surface area contributed by atoms with E-state index in [4.69, 9.17) is 5.73 Å². The number of piperidine rings is 1. The van der Waals surface area contributed by atoms with Crippen molar-refractivity contribution >= 4 is 42.1 Å². The third-order valence-corrected chi connectivity index (χ3v) is 3.96. The Morgan fingerprint density at radius 1 is 1.38 bits per heavy atom. The highest BCUT2D eigenvalue weighted by atomic mass is 35.5. The second kappa shape index (κ2) is 8.80. The minimum atomic E-state index is -0.0645. The van der Waals surface area contributed by atoms with Crippen LogP contribution in [-0.4, -0.2) is 34.8 Å². The number of rotatable bonds is 3. The molecule has 1 aromatic heterocycles. The lowest BCUT2D eigenvalue weighted by Crippen LogP contribution is -2.47. The zero-order valence-electron chi connectivity index (χ0n) is 13.5. The smallest absolute Gasteiger partial charge is 0.251 e. The van der Waals surface area contributed by atoms with Crippen LogP contribution in [0.2, 0.25) is 0 Å². The van der Waals surface area contributed by atoms with Gasteiger partial charge in [-0.25, -0.2) is 0 Å². The van der Waals surface area contributed by atoms with Gasteiger partial charge in [0.2, 0.25) is 0 Å². The first kappa shape index (κ1) is 20.1. The molecule has 1 amide bonds. The van der Waals surface area contributed by atoms with Crippen molar-refractivity contribution in [2.45, 2.75) is 18.9 Å². The van der Waals surface area contributed by atoms with Crippen LogP contribution in [0.25, 0.3) is 0 Å². The topological polar surface area (TPSA) is 76.2 Å². The van der Waals surface area contributed by atoms with Crippen LogP contribution >= 0.6 is 24.8 Å². The van der Waals surface area contributed by atoms with Crippen molar-refractivity contribution < 1.29 is 4.79 Å². The number of aryl methyl sites for hydroxylation is 1. The molecule has 1 aliphatic heterocycles. The van der Waals surface area contributed by atoms with Gasteiger partial charge in [0, 0.05) is 43.6 Å². The molecule has 0 bridgehead atoms. The molecule has 1 fully saturated rings. The molecule has 132 valence electrons. The summed E-state index contributed by atoms with van der Waals surface area (Å²) in [5.41, 5.74) is 8.05. The van der Waals surface area contributed by atoms with Gasteiger partial charge in [-0.2, -0.15) is 5.10 Å². The summed E-state index contributed by atoms with van der Waals surface area (Å²) >= 11 is 0. The Kier molecular flexibility index (Phi) is 7.38. The second-order valence-corrected chi connectivity index (χ2v) is 5.76. The van der Waals surface area contributed by atoms with E-state index < -0.39 is 0 Å². The van der Waals surface area contributed by atoms with Crippen molar-refractivity contribution in [3.8, 4) is 0 Å². The Morgan fingerprint density at radius 2 is 2.17 bits per heavy atom. The molecule has 1 unspecified atom stereocenters. The lowest BCUT2D eigenvalue weighted by molar-refractivity contribution is 0.0933. The first-order valence-electron chi connectivity index (χ1n) is 7.52. The molecule has 3 N–H and O–H groups in total. The van der Waals surface area contributed by atoms with Gasteiger partial charge in [-0.3, -0.25) is 9.48 Å². The maximum absolute atomic E-state index is 12.3. The fourth-order valence-electron chi connectivity index (χ4n) is 2.85. The molecule has 0 aliphatic carbocycles. The summed E-state index contributed by atoms with van der Waals surface area (Å²) < 4.78 is 1.80. The molecule has 2 aromatic rings. The van der Waals surface area contributed by atoms with Gasteiger partial charge in [0.25, 0.3) is 5.91 Å². The predicted octanol–water partition coefficient (Wildman–Crippen LogP) is 2.24. The largest absolute Gasteiger partial charge is 0.399 e. The van der Waals surface area contributed by atoms with Crippen LogP contribution in [0.5, 0.6) is 0 Å². The van der Waals surface area contributed by atoms with E-state index in [1.165, 1.54) is 0 Å². The molecule has 6 nitrogen and oxygen atoms in total. The summed E-state index contributed by atoms with van der Waals surface area (Å²) in [7, 11) is 1.91. The summed E-state index contributed by atoms with van der Waals surface area (Å²) in [4.78, 5) is 14.6. The molecular weight excluding hydrogens is 349 g/mol. The van der Waals surface area contributed by atoms with Crippen LogP contribution in [0.3, 0.4) is 0 Å². The lowest BCUT2D eigenvalue weighted by Gasteiger charge is -2.33. The summed E-state index contributed by atoms with van der Waals surface area (Å²) in [6, 6.07) is 7.21. The Morgan fingerprint density at radius 3 is 2.83 bits per heavy atom. The van der Waals surface area contributed by atoms with Crippen LogP contribution in [0, 0.1) is 0 Å². The molecule has 0 radical (unpaired) electrons. The van der Waals surface area contributed by atoms with Crippen molar-refractivity contribution in [3.63, 3.8) is 0 Å². The SMILES string of the molecule is Cl.Cl.Cn1cc(N2CCCC(NC(=O)c3cccc(N)c3)C2)cn1. The molecule has 8 heteroatoms. The van der Waals surface area contributed by atoms with E-state index in [1.807, 2.05) is 19.4 Å². The lowest BCUT2D eigenvalue weighted by atomic mass is 10.0. The average Bonchev–Trinajstić information content (AvgIpc) is 2.94. The van der Waals surface area contributed by atoms with Gasteiger partial charge in [0.15, 0.2) is 0 Å². The third-order valence-electron chi connectivity index (χ3n) is 3.96. The van der Waals surface area contributed by atoms with Crippen molar-refractivity contribution in [1.29, 1.82) is 0 Å². The Labute approximate surface area is 154 Å². The van der Waals surface area contributed by atoms with E-state index in [2.05, 4.69) is 15.3 Å². The summed E-state index contributed by atoms with van der Waals surface area (Å²) in [6.07, 6.45) is 5.91. The molecule has 0 saturated carbocycles. The van der Waals surface area contributed by atoms with Gasteiger partial charge in [-0.05, 0) is 31.0 Å². The number of hydrogen-bond donors (Lipinski definition) is 2. The van der Waals surface area contributed by atoms with Crippen LogP contribution in [0.4, 0.5) is 11.4 Å². The fraction of sp³-hybridized carbons (Fsp3) is 0.375. The molecule has 3 rings (SSSR count). The monoisotopic (exact) mass is 371 g/mol. The summed E-state index contributed by atoms with van der Waals surface area (Å²) in [6.45, 7) is 1.80. The normalized spacial score (nSPS) is 16.7. The number of nitrogens with zero attached hydrogens (tertiary/aromatic N) is 3. The Hall–Kier alpha value is -1.92. The van der Waals surface area contributed by atoms with Crippen molar-refractivity contribution in [2.75, 3.05) is 23.7 Å². The zero-order valence-corrected chi connectivity index (χ0v) is 15.1. The van der Waals surface area contributed by atoms with Gasteiger partial charge < -0.3 is 16.0 Å². The molecule has 1 saturated heterocycles. The number of nitrogens with one attached hydrogen (secondary N) is 1. The second-order valence-electron chi connectivity index (χ2n) is 5.76. The fourth-order valence-corrected chi connectivity index (χ4v) is 2.85. The highest BCUT2D eigenvalue weighted by molar-refractivity contribution is 5.95. The van der Waals surface area contributed by atoms with E-state index in [9.17, 15) is 4.79 Å². The van der Waals surface area contributed by atoms with E-state index in [0.29, 0.717) is 11.3 Å².